The predicted molar refractivity (Wildman–Crippen MR) is 270 cm³/mol. The van der Waals surface area contributed by atoms with E-state index in [1.54, 1.807) is 0 Å². The molecule has 368 valence electrons. The van der Waals surface area contributed by atoms with E-state index >= 15 is 0 Å². The lowest BCUT2D eigenvalue weighted by Crippen LogP contribution is -2.30. The minimum Gasteiger partial charge on any atom is -0.462 e. The van der Waals surface area contributed by atoms with Gasteiger partial charge in [0.2, 0.25) is 0 Å². The number of rotatable bonds is 50. The van der Waals surface area contributed by atoms with Gasteiger partial charge in [-0.15, -0.1) is 0 Å². The summed E-state index contributed by atoms with van der Waals surface area (Å²) in [5.74, 6) is -0.885. The molecule has 0 heterocycles. The molecule has 1 atom stereocenters. The fraction of sp³-hybridized carbons (Fsp3) is 0.842. The zero-order valence-electron chi connectivity index (χ0n) is 42.1. The molecular weight excluding hydrogens is 781 g/mol. The molecule has 0 saturated heterocycles. The molecule has 0 aromatic carbocycles. The number of esters is 3. The van der Waals surface area contributed by atoms with Crippen LogP contribution in [0.5, 0.6) is 0 Å². The summed E-state index contributed by atoms with van der Waals surface area (Å²) in [6.45, 7) is 6.59. The normalized spacial score (nSPS) is 12.2. The number of unbranched alkanes of at least 4 members (excludes halogenated alkanes) is 34. The van der Waals surface area contributed by atoms with Crippen LogP contribution in [0.2, 0.25) is 0 Å². The Balaban J connectivity index is 4.31. The third kappa shape index (κ3) is 50.5. The minimum absolute atomic E-state index is 0.0764. The van der Waals surface area contributed by atoms with Crippen molar-refractivity contribution in [2.75, 3.05) is 13.2 Å². The molecule has 6 heteroatoms. The van der Waals surface area contributed by atoms with Crippen LogP contribution in [0.15, 0.2) is 36.5 Å². The molecule has 0 amide bonds. The van der Waals surface area contributed by atoms with Crippen LogP contribution in [-0.4, -0.2) is 37.2 Å². The highest BCUT2D eigenvalue weighted by Gasteiger charge is 2.19. The van der Waals surface area contributed by atoms with Crippen molar-refractivity contribution in [1.82, 2.24) is 0 Å². The third-order valence-electron chi connectivity index (χ3n) is 12.1. The second-order valence-corrected chi connectivity index (χ2v) is 18.5. The summed E-state index contributed by atoms with van der Waals surface area (Å²) in [7, 11) is 0. The van der Waals surface area contributed by atoms with E-state index in [0.717, 1.165) is 70.6 Å². The van der Waals surface area contributed by atoms with Crippen molar-refractivity contribution < 1.29 is 28.6 Å². The van der Waals surface area contributed by atoms with Crippen LogP contribution in [0.3, 0.4) is 0 Å². The Morgan fingerprint density at radius 1 is 0.317 bits per heavy atom. The molecule has 0 saturated carbocycles. The van der Waals surface area contributed by atoms with Crippen molar-refractivity contribution in [2.45, 2.75) is 297 Å². The summed E-state index contributed by atoms with van der Waals surface area (Å²) in [5, 5.41) is 0. The number of carbonyl (C=O) groups is 3. The van der Waals surface area contributed by atoms with E-state index in [9.17, 15) is 14.4 Å². The number of hydrogen-bond acceptors (Lipinski definition) is 6. The fourth-order valence-electron chi connectivity index (χ4n) is 7.94. The maximum absolute atomic E-state index is 12.8. The predicted octanol–water partition coefficient (Wildman–Crippen LogP) is 18.1. The lowest BCUT2D eigenvalue weighted by Gasteiger charge is -2.18. The van der Waals surface area contributed by atoms with E-state index in [0.29, 0.717) is 19.3 Å². The molecule has 1 unspecified atom stereocenters. The van der Waals surface area contributed by atoms with Crippen molar-refractivity contribution in [3.05, 3.63) is 36.5 Å². The Labute approximate surface area is 391 Å². The summed E-state index contributed by atoms with van der Waals surface area (Å²) >= 11 is 0. The molecular formula is C57H104O6. The van der Waals surface area contributed by atoms with Gasteiger partial charge in [-0.1, -0.05) is 243 Å². The highest BCUT2D eigenvalue weighted by atomic mass is 16.6. The first kappa shape index (κ1) is 60.6. The van der Waals surface area contributed by atoms with Crippen molar-refractivity contribution in [3.8, 4) is 0 Å². The Morgan fingerprint density at radius 2 is 0.587 bits per heavy atom. The largest absolute Gasteiger partial charge is 0.462 e. The van der Waals surface area contributed by atoms with Gasteiger partial charge in [-0.25, -0.2) is 0 Å². The molecule has 63 heavy (non-hydrogen) atoms. The van der Waals surface area contributed by atoms with Gasteiger partial charge in [0.1, 0.15) is 13.2 Å². The van der Waals surface area contributed by atoms with Crippen molar-refractivity contribution in [1.29, 1.82) is 0 Å². The second-order valence-electron chi connectivity index (χ2n) is 18.5. The van der Waals surface area contributed by atoms with Gasteiger partial charge in [0.05, 0.1) is 0 Å². The zero-order chi connectivity index (χ0) is 45.8. The van der Waals surface area contributed by atoms with Gasteiger partial charge in [0.15, 0.2) is 6.10 Å². The van der Waals surface area contributed by atoms with Crippen LogP contribution >= 0.6 is 0 Å². The third-order valence-corrected chi connectivity index (χ3v) is 12.1. The first-order valence-corrected chi connectivity index (χ1v) is 27.5. The second kappa shape index (κ2) is 52.3. The lowest BCUT2D eigenvalue weighted by atomic mass is 10.0. The van der Waals surface area contributed by atoms with Crippen LogP contribution in [0.25, 0.3) is 0 Å². The zero-order valence-corrected chi connectivity index (χ0v) is 42.1. The van der Waals surface area contributed by atoms with E-state index in [4.69, 9.17) is 14.2 Å². The Bertz CT molecular complexity index is 1060. The molecule has 0 aliphatic carbocycles. The quantitative estimate of drug-likeness (QED) is 0.0199. The Hall–Kier alpha value is -2.37. The average molecular weight is 885 g/mol. The SMILES string of the molecule is CCCC/C=C\CCCCCCCC(=O)OCC(COC(=O)CCCCCCCCCCCCCCCCCCCCC)OC(=O)CCCCCCCC/C=C\C=C/CCCCC. The summed E-state index contributed by atoms with van der Waals surface area (Å²) in [5.41, 5.74) is 0. The highest BCUT2D eigenvalue weighted by Crippen LogP contribution is 2.16. The van der Waals surface area contributed by atoms with Gasteiger partial charge in [-0.3, -0.25) is 14.4 Å². The van der Waals surface area contributed by atoms with E-state index in [1.807, 2.05) is 0 Å². The first-order valence-electron chi connectivity index (χ1n) is 27.5. The van der Waals surface area contributed by atoms with Crippen LogP contribution in [0.1, 0.15) is 290 Å². The van der Waals surface area contributed by atoms with Crippen LogP contribution in [0, 0.1) is 0 Å². The standard InChI is InChI=1S/C57H104O6/c1-4-7-10-13-16-19-22-24-26-27-28-29-31-32-35-38-41-44-47-50-56(59)62-53-54(52-61-55(58)49-46-43-40-37-34-21-18-15-12-9-6-3)63-57(60)51-48-45-42-39-36-33-30-25-23-20-17-14-11-8-5-2/h15,17-18,20,23,25,54H,4-14,16,19,21-22,24,26-53H2,1-3H3/b18-15-,20-17-,25-23-. The van der Waals surface area contributed by atoms with E-state index in [1.165, 1.54) is 180 Å². The topological polar surface area (TPSA) is 78.9 Å². The maximum Gasteiger partial charge on any atom is 0.306 e. The van der Waals surface area contributed by atoms with Gasteiger partial charge < -0.3 is 14.2 Å². The van der Waals surface area contributed by atoms with Crippen molar-refractivity contribution >= 4 is 17.9 Å². The van der Waals surface area contributed by atoms with Crippen LogP contribution < -0.4 is 0 Å². The number of carbonyl (C=O) groups excluding carboxylic acids is 3. The van der Waals surface area contributed by atoms with Gasteiger partial charge in [-0.05, 0) is 64.2 Å². The highest BCUT2D eigenvalue weighted by molar-refractivity contribution is 5.71. The van der Waals surface area contributed by atoms with Crippen molar-refractivity contribution in [3.63, 3.8) is 0 Å². The minimum atomic E-state index is -0.778. The van der Waals surface area contributed by atoms with Gasteiger partial charge in [0.25, 0.3) is 0 Å². The fourth-order valence-corrected chi connectivity index (χ4v) is 7.94. The summed E-state index contributed by atoms with van der Waals surface area (Å²) < 4.78 is 16.8. The van der Waals surface area contributed by atoms with E-state index in [2.05, 4.69) is 57.2 Å². The first-order chi connectivity index (χ1) is 31.0. The summed E-state index contributed by atoms with van der Waals surface area (Å²) in [6.07, 6.45) is 61.3. The Kier molecular flexibility index (Phi) is 50.3. The average Bonchev–Trinajstić information content (AvgIpc) is 3.28. The molecule has 0 N–H and O–H groups in total. The number of hydrogen-bond donors (Lipinski definition) is 0. The van der Waals surface area contributed by atoms with Crippen LogP contribution in [0.4, 0.5) is 0 Å². The lowest BCUT2D eigenvalue weighted by molar-refractivity contribution is -0.167. The summed E-state index contributed by atoms with van der Waals surface area (Å²) in [4.78, 5) is 38.0. The maximum atomic E-state index is 12.8. The smallest absolute Gasteiger partial charge is 0.306 e. The molecule has 0 rings (SSSR count). The molecule has 0 aliphatic heterocycles. The monoisotopic (exact) mass is 885 g/mol. The molecule has 0 spiro atoms. The molecule has 0 bridgehead atoms. The molecule has 0 aromatic heterocycles. The van der Waals surface area contributed by atoms with Gasteiger partial charge in [-0.2, -0.15) is 0 Å². The van der Waals surface area contributed by atoms with E-state index in [-0.39, 0.29) is 31.1 Å². The van der Waals surface area contributed by atoms with Gasteiger partial charge in [0, 0.05) is 19.3 Å². The number of allylic oxidation sites excluding steroid dienone is 6. The van der Waals surface area contributed by atoms with Crippen LogP contribution in [-0.2, 0) is 28.6 Å². The number of ether oxygens (including phenoxy) is 3. The van der Waals surface area contributed by atoms with E-state index < -0.39 is 6.10 Å². The molecule has 0 radical (unpaired) electrons. The molecule has 6 nitrogen and oxygen atoms in total. The Morgan fingerprint density at radius 3 is 0.968 bits per heavy atom. The molecule has 0 aliphatic rings. The van der Waals surface area contributed by atoms with Gasteiger partial charge >= 0.3 is 17.9 Å². The molecule has 0 aromatic rings. The summed E-state index contributed by atoms with van der Waals surface area (Å²) in [6, 6.07) is 0. The van der Waals surface area contributed by atoms with Crippen molar-refractivity contribution in [2.24, 2.45) is 0 Å². The molecule has 0 fully saturated rings.